The predicted molar refractivity (Wildman–Crippen MR) is 63.0 cm³/mol. The fraction of sp³-hybridized carbons (Fsp3) is 0.182. The number of halogens is 1. The van der Waals surface area contributed by atoms with Crippen LogP contribution in [0.1, 0.15) is 5.82 Å². The van der Waals surface area contributed by atoms with Gasteiger partial charge >= 0.3 is 0 Å². The number of nitrogens with zero attached hydrogens (tertiary/aromatic N) is 1. The summed E-state index contributed by atoms with van der Waals surface area (Å²) in [5.41, 5.74) is 7.05. The Kier molecular flexibility index (Phi) is 2.42. The average Bonchev–Trinajstić information content (AvgIpc) is 2.93. The number of imidazole rings is 1. The molecule has 0 spiro atoms. The van der Waals surface area contributed by atoms with Crippen molar-refractivity contribution >= 4 is 11.6 Å². The lowest BCUT2D eigenvalue weighted by Crippen LogP contribution is -1.97. The van der Waals surface area contributed by atoms with Crippen molar-refractivity contribution in [1.29, 1.82) is 0 Å². The number of hydrogen-bond donors (Lipinski definition) is 2. The number of aromatic amines is 1. The molecule has 0 bridgehead atoms. The second-order valence-electron chi connectivity index (χ2n) is 3.62. The van der Waals surface area contributed by atoms with Gasteiger partial charge in [0.2, 0.25) is 6.79 Å². The summed E-state index contributed by atoms with van der Waals surface area (Å²) in [6, 6.07) is 5.57. The highest BCUT2D eigenvalue weighted by molar-refractivity contribution is 6.31. The molecule has 1 aromatic carbocycles. The van der Waals surface area contributed by atoms with E-state index in [1.54, 1.807) is 0 Å². The van der Waals surface area contributed by atoms with Crippen molar-refractivity contribution in [1.82, 2.24) is 9.97 Å². The highest BCUT2D eigenvalue weighted by atomic mass is 35.5. The molecule has 5 nitrogen and oxygen atoms in total. The average molecular weight is 252 g/mol. The molecule has 6 heteroatoms. The smallest absolute Gasteiger partial charge is 0.231 e. The lowest BCUT2D eigenvalue weighted by atomic mass is 10.1. The first kappa shape index (κ1) is 10.4. The van der Waals surface area contributed by atoms with Gasteiger partial charge in [-0.1, -0.05) is 11.6 Å². The van der Waals surface area contributed by atoms with E-state index in [1.807, 2.05) is 18.2 Å². The zero-order valence-electron chi connectivity index (χ0n) is 8.87. The van der Waals surface area contributed by atoms with Gasteiger partial charge in [-0.25, -0.2) is 4.98 Å². The molecule has 3 rings (SSSR count). The van der Waals surface area contributed by atoms with E-state index in [-0.39, 0.29) is 6.79 Å². The number of benzene rings is 1. The van der Waals surface area contributed by atoms with Gasteiger partial charge in [-0.05, 0) is 18.2 Å². The molecular formula is C11H10ClN3O2. The Morgan fingerprint density at radius 2 is 2.18 bits per heavy atom. The Morgan fingerprint density at radius 3 is 2.94 bits per heavy atom. The van der Waals surface area contributed by atoms with Gasteiger partial charge in [-0.15, -0.1) is 0 Å². The fourth-order valence-electron chi connectivity index (χ4n) is 1.73. The number of fused-ring (bicyclic) bond motifs is 1. The van der Waals surface area contributed by atoms with Crippen molar-refractivity contribution in [2.75, 3.05) is 6.79 Å². The molecule has 0 saturated heterocycles. The molecule has 3 N–H and O–H groups in total. The van der Waals surface area contributed by atoms with E-state index in [1.165, 1.54) is 0 Å². The predicted octanol–water partition coefficient (Wildman–Crippen LogP) is 1.92. The summed E-state index contributed by atoms with van der Waals surface area (Å²) in [5.74, 6) is 2.10. The second-order valence-corrected chi connectivity index (χ2v) is 4.00. The zero-order chi connectivity index (χ0) is 11.8. The SMILES string of the molecule is NCc1nc(-c2ccc3c(c2)OCO3)c(Cl)[nH]1. The molecule has 0 unspecified atom stereocenters. The monoisotopic (exact) mass is 251 g/mol. The first-order valence-electron chi connectivity index (χ1n) is 5.12. The minimum Gasteiger partial charge on any atom is -0.454 e. The summed E-state index contributed by atoms with van der Waals surface area (Å²) in [7, 11) is 0. The topological polar surface area (TPSA) is 73.2 Å². The molecule has 1 aromatic heterocycles. The second kappa shape index (κ2) is 3.94. The van der Waals surface area contributed by atoms with E-state index in [0.717, 1.165) is 11.3 Å². The number of rotatable bonds is 2. The minimum atomic E-state index is 0.251. The van der Waals surface area contributed by atoms with Crippen LogP contribution in [0.15, 0.2) is 18.2 Å². The first-order valence-corrected chi connectivity index (χ1v) is 5.50. The van der Waals surface area contributed by atoms with Crippen LogP contribution < -0.4 is 15.2 Å². The van der Waals surface area contributed by atoms with Gasteiger partial charge in [0.15, 0.2) is 11.5 Å². The lowest BCUT2D eigenvalue weighted by molar-refractivity contribution is 0.174. The molecule has 88 valence electrons. The number of H-pyrrole nitrogens is 1. The van der Waals surface area contributed by atoms with Gasteiger partial charge in [0.1, 0.15) is 16.7 Å². The van der Waals surface area contributed by atoms with E-state index in [4.69, 9.17) is 26.8 Å². The van der Waals surface area contributed by atoms with Crippen LogP contribution in [-0.4, -0.2) is 16.8 Å². The molecule has 0 fully saturated rings. The van der Waals surface area contributed by atoms with Crippen molar-refractivity contribution in [3.05, 3.63) is 29.2 Å². The van der Waals surface area contributed by atoms with Gasteiger partial charge < -0.3 is 20.2 Å². The summed E-state index contributed by atoms with van der Waals surface area (Å²) in [6.45, 7) is 0.575. The number of hydrogen-bond acceptors (Lipinski definition) is 4. The van der Waals surface area contributed by atoms with Crippen LogP contribution in [0, 0.1) is 0 Å². The normalized spacial score (nSPS) is 13.1. The third-order valence-corrected chi connectivity index (χ3v) is 2.82. The Balaban J connectivity index is 2.06. The summed E-state index contributed by atoms with van der Waals surface area (Å²) >= 11 is 6.06. The number of aromatic nitrogens is 2. The molecule has 17 heavy (non-hydrogen) atoms. The highest BCUT2D eigenvalue weighted by Crippen LogP contribution is 2.36. The maximum atomic E-state index is 6.06. The third-order valence-electron chi connectivity index (χ3n) is 2.55. The molecule has 0 saturated carbocycles. The quantitative estimate of drug-likeness (QED) is 0.855. The maximum absolute atomic E-state index is 6.06. The van der Waals surface area contributed by atoms with E-state index in [2.05, 4.69) is 9.97 Å². The van der Waals surface area contributed by atoms with Crippen LogP contribution in [0.3, 0.4) is 0 Å². The third kappa shape index (κ3) is 1.73. The molecule has 1 aliphatic heterocycles. The Bertz CT molecular complexity index is 568. The van der Waals surface area contributed by atoms with Crippen LogP contribution in [-0.2, 0) is 6.54 Å². The van der Waals surface area contributed by atoms with Crippen molar-refractivity contribution in [2.24, 2.45) is 5.73 Å². The van der Waals surface area contributed by atoms with Crippen LogP contribution in [0.25, 0.3) is 11.3 Å². The van der Waals surface area contributed by atoms with Crippen molar-refractivity contribution < 1.29 is 9.47 Å². The standard InChI is InChI=1S/C11H10ClN3O2/c12-11-10(14-9(4-13)15-11)6-1-2-7-8(3-6)17-5-16-7/h1-3H,4-5,13H2,(H,14,15). The van der Waals surface area contributed by atoms with E-state index >= 15 is 0 Å². The van der Waals surface area contributed by atoms with Gasteiger partial charge in [0.25, 0.3) is 0 Å². The summed E-state index contributed by atoms with van der Waals surface area (Å²) in [5, 5.41) is 0.476. The van der Waals surface area contributed by atoms with Crippen LogP contribution in [0.5, 0.6) is 11.5 Å². The molecule has 0 aliphatic carbocycles. The minimum absolute atomic E-state index is 0.251. The lowest BCUT2D eigenvalue weighted by Gasteiger charge is -2.00. The van der Waals surface area contributed by atoms with Gasteiger partial charge in [0, 0.05) is 5.56 Å². The van der Waals surface area contributed by atoms with Gasteiger partial charge in [-0.2, -0.15) is 0 Å². The summed E-state index contributed by atoms with van der Waals surface area (Å²) < 4.78 is 10.5. The van der Waals surface area contributed by atoms with E-state index in [0.29, 0.717) is 29.0 Å². The fourth-order valence-corrected chi connectivity index (χ4v) is 1.99. The number of ether oxygens (including phenoxy) is 2. The molecule has 2 heterocycles. The van der Waals surface area contributed by atoms with E-state index in [9.17, 15) is 0 Å². The van der Waals surface area contributed by atoms with Crippen molar-refractivity contribution in [3.63, 3.8) is 0 Å². The van der Waals surface area contributed by atoms with Gasteiger partial charge in [0.05, 0.1) is 6.54 Å². The Morgan fingerprint density at radius 1 is 1.35 bits per heavy atom. The molecule has 0 atom stereocenters. The van der Waals surface area contributed by atoms with Crippen molar-refractivity contribution in [3.8, 4) is 22.8 Å². The number of nitrogens with one attached hydrogen (secondary N) is 1. The van der Waals surface area contributed by atoms with E-state index < -0.39 is 0 Å². The Labute approximate surface area is 103 Å². The van der Waals surface area contributed by atoms with Gasteiger partial charge in [-0.3, -0.25) is 0 Å². The van der Waals surface area contributed by atoms with Crippen molar-refractivity contribution in [2.45, 2.75) is 6.54 Å². The molecule has 1 aliphatic rings. The highest BCUT2D eigenvalue weighted by Gasteiger charge is 2.16. The molecule has 2 aromatic rings. The van der Waals surface area contributed by atoms with Crippen LogP contribution in [0.2, 0.25) is 5.15 Å². The summed E-state index contributed by atoms with van der Waals surface area (Å²) in [4.78, 5) is 7.23. The molecule has 0 radical (unpaired) electrons. The summed E-state index contributed by atoms with van der Waals surface area (Å²) in [6.07, 6.45) is 0. The zero-order valence-corrected chi connectivity index (χ0v) is 9.62. The number of nitrogens with two attached hydrogens (primary N) is 1. The first-order chi connectivity index (χ1) is 8.28. The molecular weight excluding hydrogens is 242 g/mol. The molecule has 0 amide bonds. The Hall–Kier alpha value is -1.72. The maximum Gasteiger partial charge on any atom is 0.231 e. The van der Waals surface area contributed by atoms with Crippen LogP contribution >= 0.6 is 11.6 Å². The largest absolute Gasteiger partial charge is 0.454 e. The van der Waals surface area contributed by atoms with Crippen LogP contribution in [0.4, 0.5) is 0 Å².